The average molecular weight is 300 g/mol. The van der Waals surface area contributed by atoms with E-state index in [-0.39, 0.29) is 18.2 Å². The third-order valence-corrected chi connectivity index (χ3v) is 2.95. The Balaban J connectivity index is 1.64. The molecule has 0 aliphatic heterocycles. The first-order valence-corrected chi connectivity index (χ1v) is 6.47. The van der Waals surface area contributed by atoms with Gasteiger partial charge < -0.3 is 18.9 Å². The van der Waals surface area contributed by atoms with Gasteiger partial charge in [0.25, 0.3) is 5.88 Å². The highest BCUT2D eigenvalue weighted by atomic mass is 16.5. The van der Waals surface area contributed by atoms with Crippen LogP contribution in [0.5, 0.6) is 5.88 Å². The van der Waals surface area contributed by atoms with Crippen LogP contribution in [-0.2, 0) is 6.61 Å². The van der Waals surface area contributed by atoms with Gasteiger partial charge >= 0.3 is 5.97 Å². The van der Waals surface area contributed by atoms with Crippen LogP contribution in [0.3, 0.4) is 0 Å². The van der Waals surface area contributed by atoms with Gasteiger partial charge in [-0.15, -0.1) is 0 Å². The molecule has 0 aliphatic carbocycles. The number of rotatable bonds is 5. The highest BCUT2D eigenvalue weighted by Crippen LogP contribution is 2.21. The van der Waals surface area contributed by atoms with E-state index in [1.807, 2.05) is 37.3 Å². The molecular weight excluding hydrogens is 288 g/mol. The molecule has 0 unspecified atom stereocenters. The standard InChI is InChI=1S/C15H12N2O5/c1-9-6-12(21-16-9)11-4-2-10(3-5-11)8-20-14-7-13(15(18)19)22-17-14/h2-7H,8H2,1H3,(H,18,19). The summed E-state index contributed by atoms with van der Waals surface area (Å²) in [5, 5.41) is 16.1. The molecule has 3 rings (SSSR count). The van der Waals surface area contributed by atoms with E-state index in [2.05, 4.69) is 14.8 Å². The molecule has 1 aromatic carbocycles. The van der Waals surface area contributed by atoms with E-state index in [1.54, 1.807) is 0 Å². The lowest BCUT2D eigenvalue weighted by Gasteiger charge is -2.03. The Morgan fingerprint density at radius 1 is 1.18 bits per heavy atom. The van der Waals surface area contributed by atoms with Crippen LogP contribution in [0.15, 0.2) is 45.4 Å². The van der Waals surface area contributed by atoms with Gasteiger partial charge in [-0.3, -0.25) is 0 Å². The number of carboxylic acids is 1. The van der Waals surface area contributed by atoms with Crippen molar-refractivity contribution >= 4 is 5.97 Å². The third kappa shape index (κ3) is 2.98. The van der Waals surface area contributed by atoms with Gasteiger partial charge in [-0.25, -0.2) is 4.79 Å². The summed E-state index contributed by atoms with van der Waals surface area (Å²) >= 11 is 0. The van der Waals surface area contributed by atoms with Crippen molar-refractivity contribution in [2.75, 3.05) is 0 Å². The van der Waals surface area contributed by atoms with Crippen LogP contribution < -0.4 is 4.74 Å². The minimum atomic E-state index is -1.19. The Morgan fingerprint density at radius 3 is 2.55 bits per heavy atom. The number of benzene rings is 1. The second-order valence-corrected chi connectivity index (χ2v) is 4.65. The normalized spacial score (nSPS) is 10.6. The van der Waals surface area contributed by atoms with Crippen LogP contribution in [-0.4, -0.2) is 21.4 Å². The molecule has 0 saturated carbocycles. The maximum absolute atomic E-state index is 10.7. The number of aryl methyl sites for hydroxylation is 1. The van der Waals surface area contributed by atoms with Gasteiger partial charge in [0.15, 0.2) is 5.76 Å². The van der Waals surface area contributed by atoms with Gasteiger partial charge in [0.2, 0.25) is 5.76 Å². The predicted octanol–water partition coefficient (Wildman–Crippen LogP) is 2.92. The largest absolute Gasteiger partial charge is 0.475 e. The summed E-state index contributed by atoms with van der Waals surface area (Å²) < 4.78 is 15.2. The minimum Gasteiger partial charge on any atom is -0.475 e. The predicted molar refractivity (Wildman–Crippen MR) is 74.5 cm³/mol. The van der Waals surface area contributed by atoms with Crippen molar-refractivity contribution in [3.8, 4) is 17.2 Å². The lowest BCUT2D eigenvalue weighted by Crippen LogP contribution is -1.95. The van der Waals surface area contributed by atoms with E-state index < -0.39 is 5.97 Å². The summed E-state index contributed by atoms with van der Waals surface area (Å²) in [6.45, 7) is 2.11. The molecule has 7 nitrogen and oxygen atoms in total. The zero-order valence-corrected chi connectivity index (χ0v) is 11.6. The molecule has 2 heterocycles. The van der Waals surface area contributed by atoms with E-state index >= 15 is 0 Å². The van der Waals surface area contributed by atoms with E-state index in [1.165, 1.54) is 6.07 Å². The molecule has 0 fully saturated rings. The van der Waals surface area contributed by atoms with Gasteiger partial charge in [0.05, 0.1) is 11.8 Å². The molecule has 22 heavy (non-hydrogen) atoms. The summed E-state index contributed by atoms with van der Waals surface area (Å²) in [7, 11) is 0. The number of hydrogen-bond donors (Lipinski definition) is 1. The lowest BCUT2D eigenvalue weighted by atomic mass is 10.1. The maximum atomic E-state index is 10.7. The van der Waals surface area contributed by atoms with E-state index in [4.69, 9.17) is 14.4 Å². The van der Waals surface area contributed by atoms with Crippen molar-refractivity contribution < 1.29 is 23.7 Å². The SMILES string of the molecule is Cc1cc(-c2ccc(COc3cc(C(=O)O)on3)cc2)on1. The number of nitrogens with zero attached hydrogens (tertiary/aromatic N) is 2. The molecule has 0 amide bonds. The Hall–Kier alpha value is -3.09. The first-order valence-electron chi connectivity index (χ1n) is 6.47. The zero-order chi connectivity index (χ0) is 15.5. The van der Waals surface area contributed by atoms with Crippen molar-refractivity contribution in [3.05, 3.63) is 53.4 Å². The lowest BCUT2D eigenvalue weighted by molar-refractivity contribution is 0.0651. The van der Waals surface area contributed by atoms with Crippen LogP contribution in [0.4, 0.5) is 0 Å². The second-order valence-electron chi connectivity index (χ2n) is 4.65. The first kappa shape index (κ1) is 13.9. The van der Waals surface area contributed by atoms with Crippen LogP contribution >= 0.6 is 0 Å². The van der Waals surface area contributed by atoms with Gasteiger partial charge in [0.1, 0.15) is 6.61 Å². The topological polar surface area (TPSA) is 98.6 Å². The number of aromatic nitrogens is 2. The molecule has 3 aromatic rings. The molecule has 2 aromatic heterocycles. The summed E-state index contributed by atoms with van der Waals surface area (Å²) in [5.41, 5.74) is 2.64. The monoisotopic (exact) mass is 300 g/mol. The van der Waals surface area contributed by atoms with Crippen molar-refractivity contribution in [1.82, 2.24) is 10.3 Å². The quantitative estimate of drug-likeness (QED) is 0.773. The highest BCUT2D eigenvalue weighted by molar-refractivity contribution is 5.84. The number of ether oxygens (including phenoxy) is 1. The minimum absolute atomic E-state index is 0.132. The second kappa shape index (κ2) is 5.72. The Morgan fingerprint density at radius 2 is 1.95 bits per heavy atom. The Labute approximate surface area is 125 Å². The summed E-state index contributed by atoms with van der Waals surface area (Å²) in [6.07, 6.45) is 0. The summed E-state index contributed by atoms with van der Waals surface area (Å²) in [6, 6.07) is 10.6. The fourth-order valence-corrected chi connectivity index (χ4v) is 1.85. The maximum Gasteiger partial charge on any atom is 0.374 e. The van der Waals surface area contributed by atoms with Crippen molar-refractivity contribution in [3.63, 3.8) is 0 Å². The van der Waals surface area contributed by atoms with Crippen LogP contribution in [0.1, 0.15) is 21.8 Å². The van der Waals surface area contributed by atoms with Gasteiger partial charge in [-0.1, -0.05) is 29.4 Å². The zero-order valence-electron chi connectivity index (χ0n) is 11.6. The number of hydrogen-bond acceptors (Lipinski definition) is 6. The molecule has 0 radical (unpaired) electrons. The van der Waals surface area contributed by atoms with Crippen LogP contribution in [0, 0.1) is 6.92 Å². The molecule has 0 spiro atoms. The molecule has 7 heteroatoms. The number of carboxylic acid groups (broad SMARTS) is 1. The summed E-state index contributed by atoms with van der Waals surface area (Å²) in [4.78, 5) is 10.7. The highest BCUT2D eigenvalue weighted by Gasteiger charge is 2.12. The van der Waals surface area contributed by atoms with Gasteiger partial charge in [0, 0.05) is 11.6 Å². The molecular formula is C15H12N2O5. The Bertz CT molecular complexity index is 788. The molecule has 0 bridgehead atoms. The van der Waals surface area contributed by atoms with Gasteiger partial charge in [-0.05, 0) is 17.6 Å². The fraction of sp³-hybridized carbons (Fsp3) is 0.133. The van der Waals surface area contributed by atoms with E-state index in [0.717, 1.165) is 16.8 Å². The Kier molecular flexibility index (Phi) is 3.61. The molecule has 112 valence electrons. The third-order valence-electron chi connectivity index (χ3n) is 2.95. The van der Waals surface area contributed by atoms with Crippen LogP contribution in [0.25, 0.3) is 11.3 Å². The summed E-state index contributed by atoms with van der Waals surface area (Å²) in [5.74, 6) is -0.611. The van der Waals surface area contributed by atoms with Crippen molar-refractivity contribution in [2.24, 2.45) is 0 Å². The van der Waals surface area contributed by atoms with Gasteiger partial charge in [-0.2, -0.15) is 0 Å². The fourth-order valence-electron chi connectivity index (χ4n) is 1.85. The van der Waals surface area contributed by atoms with E-state index in [0.29, 0.717) is 5.76 Å². The number of aromatic carboxylic acids is 1. The van der Waals surface area contributed by atoms with Crippen LogP contribution in [0.2, 0.25) is 0 Å². The molecule has 0 atom stereocenters. The van der Waals surface area contributed by atoms with E-state index in [9.17, 15) is 4.79 Å². The number of carbonyl (C=O) groups is 1. The molecule has 0 aliphatic rings. The smallest absolute Gasteiger partial charge is 0.374 e. The first-order chi connectivity index (χ1) is 10.6. The average Bonchev–Trinajstić information content (AvgIpc) is 3.15. The molecule has 0 saturated heterocycles. The van der Waals surface area contributed by atoms with Crippen molar-refractivity contribution in [2.45, 2.75) is 13.5 Å². The van der Waals surface area contributed by atoms with Crippen molar-refractivity contribution in [1.29, 1.82) is 0 Å². The molecule has 1 N–H and O–H groups in total.